The summed E-state index contributed by atoms with van der Waals surface area (Å²) < 4.78 is 5.61. The Hall–Kier alpha value is -1.06. The fourth-order valence-electron chi connectivity index (χ4n) is 1.86. The largest absolute Gasteiger partial charge is 0.491 e. The van der Waals surface area contributed by atoms with Crippen LogP contribution in [0, 0.1) is 0 Å². The molecule has 0 saturated carbocycles. The average molecular weight is 251 g/mol. The predicted octanol–water partition coefficient (Wildman–Crippen LogP) is 2.90. The zero-order valence-electron chi connectivity index (χ0n) is 11.8. The van der Waals surface area contributed by atoms with Crippen molar-refractivity contribution in [1.82, 2.24) is 5.32 Å². The van der Waals surface area contributed by atoms with Crippen LogP contribution in [0.4, 0.5) is 0 Å². The van der Waals surface area contributed by atoms with Crippen molar-refractivity contribution in [2.75, 3.05) is 6.61 Å². The van der Waals surface area contributed by atoms with E-state index in [0.29, 0.717) is 0 Å². The Morgan fingerprint density at radius 1 is 1.17 bits per heavy atom. The lowest BCUT2D eigenvalue weighted by atomic mass is 10.1. The van der Waals surface area contributed by atoms with Crippen LogP contribution >= 0.6 is 0 Å². The number of rotatable bonds is 7. The van der Waals surface area contributed by atoms with E-state index in [1.807, 2.05) is 26.0 Å². The Morgan fingerprint density at radius 3 is 2.22 bits per heavy atom. The van der Waals surface area contributed by atoms with E-state index < -0.39 is 0 Å². The summed E-state index contributed by atoms with van der Waals surface area (Å²) in [7, 11) is 0. The summed E-state index contributed by atoms with van der Waals surface area (Å²) in [6.07, 6.45) is 1.13. The highest BCUT2D eigenvalue weighted by Gasteiger charge is 2.11. The topological polar surface area (TPSA) is 41.5 Å². The van der Waals surface area contributed by atoms with Crippen molar-refractivity contribution in [2.45, 2.75) is 52.3 Å². The maximum Gasteiger partial charge on any atom is 0.119 e. The average Bonchev–Trinajstić information content (AvgIpc) is 2.35. The summed E-state index contributed by atoms with van der Waals surface area (Å²) >= 11 is 0. The number of ether oxygens (including phenoxy) is 1. The van der Waals surface area contributed by atoms with Crippen LogP contribution in [0.5, 0.6) is 5.75 Å². The highest BCUT2D eigenvalue weighted by atomic mass is 16.5. The summed E-state index contributed by atoms with van der Waals surface area (Å²) in [4.78, 5) is 0. The summed E-state index contributed by atoms with van der Waals surface area (Å²) in [5.41, 5.74) is 1.21. The van der Waals surface area contributed by atoms with Crippen molar-refractivity contribution in [3.63, 3.8) is 0 Å². The number of hydrogen-bond donors (Lipinski definition) is 2. The molecule has 102 valence electrons. The quantitative estimate of drug-likeness (QED) is 0.783. The van der Waals surface area contributed by atoms with Gasteiger partial charge in [-0.1, -0.05) is 19.1 Å². The molecule has 2 N–H and O–H groups in total. The van der Waals surface area contributed by atoms with Crippen LogP contribution in [0.15, 0.2) is 24.3 Å². The van der Waals surface area contributed by atoms with Crippen LogP contribution in [-0.4, -0.2) is 23.9 Å². The Bertz CT molecular complexity index is 331. The number of aliphatic hydroxyl groups excluding tert-OH is 1. The Morgan fingerprint density at radius 2 is 1.78 bits per heavy atom. The molecule has 0 aliphatic rings. The van der Waals surface area contributed by atoms with Gasteiger partial charge in [-0.05, 0) is 44.9 Å². The number of aliphatic hydroxyl groups is 1. The fourth-order valence-corrected chi connectivity index (χ4v) is 1.86. The van der Waals surface area contributed by atoms with Crippen LogP contribution < -0.4 is 10.1 Å². The highest BCUT2D eigenvalue weighted by Crippen LogP contribution is 2.19. The molecule has 2 atom stereocenters. The number of benzene rings is 1. The Kier molecular flexibility index (Phi) is 6.16. The van der Waals surface area contributed by atoms with E-state index in [2.05, 4.69) is 31.3 Å². The maximum atomic E-state index is 9.18. The van der Waals surface area contributed by atoms with Gasteiger partial charge in [-0.25, -0.2) is 0 Å². The minimum Gasteiger partial charge on any atom is -0.491 e. The third kappa shape index (κ3) is 4.67. The van der Waals surface area contributed by atoms with Gasteiger partial charge in [0, 0.05) is 12.1 Å². The van der Waals surface area contributed by atoms with Crippen molar-refractivity contribution in [3.8, 4) is 5.75 Å². The van der Waals surface area contributed by atoms with E-state index in [9.17, 15) is 5.11 Å². The summed E-state index contributed by atoms with van der Waals surface area (Å²) in [6, 6.07) is 8.52. The lowest BCUT2D eigenvalue weighted by Gasteiger charge is -2.21. The van der Waals surface area contributed by atoms with E-state index in [4.69, 9.17) is 4.74 Å². The van der Waals surface area contributed by atoms with Gasteiger partial charge in [-0.2, -0.15) is 0 Å². The minimum atomic E-state index is 0.159. The van der Waals surface area contributed by atoms with Gasteiger partial charge in [0.05, 0.1) is 12.7 Å². The zero-order chi connectivity index (χ0) is 13.5. The van der Waals surface area contributed by atoms with Gasteiger partial charge in [-0.3, -0.25) is 0 Å². The standard InChI is InChI=1S/C15H25NO2/c1-5-14(10-17)16-12(4)13-6-8-15(9-7-13)18-11(2)3/h6-9,11-12,14,16-17H,5,10H2,1-4H3/t12?,14-/m0/s1. The van der Waals surface area contributed by atoms with Gasteiger partial charge in [-0.15, -0.1) is 0 Å². The lowest BCUT2D eigenvalue weighted by molar-refractivity contribution is 0.230. The summed E-state index contributed by atoms with van der Waals surface area (Å²) in [5, 5.41) is 12.6. The molecular weight excluding hydrogens is 226 g/mol. The van der Waals surface area contributed by atoms with Crippen LogP contribution in [0.25, 0.3) is 0 Å². The number of nitrogens with one attached hydrogen (secondary N) is 1. The van der Waals surface area contributed by atoms with Crippen molar-refractivity contribution < 1.29 is 9.84 Å². The van der Waals surface area contributed by atoms with Crippen molar-refractivity contribution in [2.24, 2.45) is 0 Å². The first-order chi connectivity index (χ1) is 8.56. The molecule has 0 spiro atoms. The molecule has 0 fully saturated rings. The molecule has 1 aromatic carbocycles. The van der Waals surface area contributed by atoms with Gasteiger partial charge in [0.1, 0.15) is 5.75 Å². The second-order valence-electron chi connectivity index (χ2n) is 4.91. The zero-order valence-corrected chi connectivity index (χ0v) is 11.8. The van der Waals surface area contributed by atoms with Gasteiger partial charge < -0.3 is 15.2 Å². The third-order valence-corrected chi connectivity index (χ3v) is 2.95. The third-order valence-electron chi connectivity index (χ3n) is 2.95. The molecule has 0 heterocycles. The van der Waals surface area contributed by atoms with Crippen LogP contribution in [0.1, 0.15) is 45.7 Å². The van der Waals surface area contributed by atoms with Crippen molar-refractivity contribution in [1.29, 1.82) is 0 Å². The summed E-state index contributed by atoms with van der Waals surface area (Å²) in [5.74, 6) is 0.898. The second-order valence-corrected chi connectivity index (χ2v) is 4.91. The molecule has 3 heteroatoms. The predicted molar refractivity (Wildman–Crippen MR) is 74.9 cm³/mol. The molecular formula is C15H25NO2. The summed E-state index contributed by atoms with van der Waals surface area (Å²) in [6.45, 7) is 8.39. The molecule has 0 amide bonds. The van der Waals surface area contributed by atoms with E-state index in [1.165, 1.54) is 5.56 Å². The van der Waals surface area contributed by atoms with E-state index in [-0.39, 0.29) is 24.8 Å². The van der Waals surface area contributed by atoms with Gasteiger partial charge in [0.25, 0.3) is 0 Å². The van der Waals surface area contributed by atoms with Crippen LogP contribution in [-0.2, 0) is 0 Å². The first kappa shape index (κ1) is 15.0. The number of hydrogen-bond acceptors (Lipinski definition) is 3. The van der Waals surface area contributed by atoms with E-state index in [1.54, 1.807) is 0 Å². The first-order valence-corrected chi connectivity index (χ1v) is 6.70. The molecule has 0 aliphatic carbocycles. The molecule has 0 bridgehead atoms. The highest BCUT2D eigenvalue weighted by molar-refractivity contribution is 5.29. The fraction of sp³-hybridized carbons (Fsp3) is 0.600. The van der Waals surface area contributed by atoms with E-state index in [0.717, 1.165) is 12.2 Å². The van der Waals surface area contributed by atoms with Crippen LogP contribution in [0.2, 0.25) is 0 Å². The molecule has 0 aromatic heterocycles. The molecule has 0 aliphatic heterocycles. The monoisotopic (exact) mass is 251 g/mol. The second kappa shape index (κ2) is 7.39. The molecule has 18 heavy (non-hydrogen) atoms. The smallest absolute Gasteiger partial charge is 0.119 e. The molecule has 1 rings (SSSR count). The van der Waals surface area contributed by atoms with Crippen molar-refractivity contribution in [3.05, 3.63) is 29.8 Å². The maximum absolute atomic E-state index is 9.18. The molecule has 0 saturated heterocycles. The minimum absolute atomic E-state index is 0.159. The Balaban J connectivity index is 2.61. The molecule has 3 nitrogen and oxygen atoms in total. The molecule has 0 radical (unpaired) electrons. The SMILES string of the molecule is CC[C@@H](CO)NC(C)c1ccc(OC(C)C)cc1. The normalized spacial score (nSPS) is 14.6. The molecule has 1 aromatic rings. The lowest BCUT2D eigenvalue weighted by Crippen LogP contribution is -2.33. The van der Waals surface area contributed by atoms with Crippen LogP contribution in [0.3, 0.4) is 0 Å². The van der Waals surface area contributed by atoms with Gasteiger partial charge >= 0.3 is 0 Å². The van der Waals surface area contributed by atoms with Crippen molar-refractivity contribution >= 4 is 0 Å². The molecule has 1 unspecified atom stereocenters. The van der Waals surface area contributed by atoms with Gasteiger partial charge in [0.15, 0.2) is 0 Å². The Labute approximate surface area is 110 Å². The van der Waals surface area contributed by atoms with E-state index >= 15 is 0 Å². The first-order valence-electron chi connectivity index (χ1n) is 6.70. The van der Waals surface area contributed by atoms with Gasteiger partial charge in [0.2, 0.25) is 0 Å².